The molecule has 0 aromatic heterocycles. The van der Waals surface area contributed by atoms with Crippen LogP contribution >= 0.6 is 0 Å². The summed E-state index contributed by atoms with van der Waals surface area (Å²) < 4.78 is 16.5. The zero-order chi connectivity index (χ0) is 15.1. The van der Waals surface area contributed by atoms with E-state index in [1.165, 1.54) is 0 Å². The molecule has 2 aromatic carbocycles. The van der Waals surface area contributed by atoms with Crippen LogP contribution in [-0.2, 0) is 0 Å². The first kappa shape index (κ1) is 15.2. The molecule has 112 valence electrons. The number of methoxy groups -OCH3 is 2. The van der Waals surface area contributed by atoms with Crippen molar-refractivity contribution >= 4 is 0 Å². The monoisotopic (exact) mass is 287 g/mol. The molecule has 0 heterocycles. The molecule has 4 nitrogen and oxygen atoms in total. The predicted octanol–water partition coefficient (Wildman–Crippen LogP) is 2.83. The van der Waals surface area contributed by atoms with Crippen LogP contribution in [0.1, 0.15) is 11.5 Å². The number of nitrogens with two attached hydrogens (primary N) is 1. The van der Waals surface area contributed by atoms with Gasteiger partial charge in [0.15, 0.2) is 11.5 Å². The molecule has 0 aliphatic carbocycles. The van der Waals surface area contributed by atoms with Gasteiger partial charge in [0.1, 0.15) is 5.75 Å². The van der Waals surface area contributed by atoms with Gasteiger partial charge in [0.25, 0.3) is 0 Å². The van der Waals surface area contributed by atoms with E-state index in [4.69, 9.17) is 19.9 Å². The number of hydrogen-bond acceptors (Lipinski definition) is 4. The lowest BCUT2D eigenvalue weighted by Crippen LogP contribution is -2.20. The van der Waals surface area contributed by atoms with E-state index in [0.717, 1.165) is 11.3 Å². The SMILES string of the molecule is COc1ccccc1OCC(CN)c1ccccc1OC. The van der Waals surface area contributed by atoms with Crippen LogP contribution in [0.25, 0.3) is 0 Å². The van der Waals surface area contributed by atoms with Gasteiger partial charge in [-0.1, -0.05) is 30.3 Å². The Morgan fingerprint density at radius 1 is 0.857 bits per heavy atom. The Morgan fingerprint density at radius 3 is 2.05 bits per heavy atom. The molecule has 0 saturated carbocycles. The van der Waals surface area contributed by atoms with Crippen molar-refractivity contribution in [2.45, 2.75) is 5.92 Å². The summed E-state index contributed by atoms with van der Waals surface area (Å²) in [4.78, 5) is 0. The van der Waals surface area contributed by atoms with E-state index >= 15 is 0 Å². The van der Waals surface area contributed by atoms with Gasteiger partial charge in [-0.2, -0.15) is 0 Å². The number of ether oxygens (including phenoxy) is 3. The van der Waals surface area contributed by atoms with Gasteiger partial charge in [-0.25, -0.2) is 0 Å². The fourth-order valence-corrected chi connectivity index (χ4v) is 2.22. The third kappa shape index (κ3) is 3.67. The van der Waals surface area contributed by atoms with Crippen molar-refractivity contribution in [1.82, 2.24) is 0 Å². The molecule has 0 fully saturated rings. The molecule has 0 spiro atoms. The molecule has 4 heteroatoms. The lowest BCUT2D eigenvalue weighted by atomic mass is 9.99. The molecule has 0 radical (unpaired) electrons. The molecular formula is C17H21NO3. The van der Waals surface area contributed by atoms with E-state index in [-0.39, 0.29) is 5.92 Å². The Morgan fingerprint density at radius 2 is 1.43 bits per heavy atom. The Hall–Kier alpha value is -2.20. The van der Waals surface area contributed by atoms with Gasteiger partial charge >= 0.3 is 0 Å². The Bertz CT molecular complexity index is 571. The van der Waals surface area contributed by atoms with Crippen LogP contribution in [0.4, 0.5) is 0 Å². The van der Waals surface area contributed by atoms with Gasteiger partial charge in [0.05, 0.1) is 20.8 Å². The fourth-order valence-electron chi connectivity index (χ4n) is 2.22. The van der Waals surface area contributed by atoms with Gasteiger partial charge in [-0.3, -0.25) is 0 Å². The predicted molar refractivity (Wildman–Crippen MR) is 83.3 cm³/mol. The number of benzene rings is 2. The zero-order valence-electron chi connectivity index (χ0n) is 12.4. The van der Waals surface area contributed by atoms with Crippen LogP contribution in [0.3, 0.4) is 0 Å². The van der Waals surface area contributed by atoms with Crippen LogP contribution in [0.5, 0.6) is 17.2 Å². The summed E-state index contributed by atoms with van der Waals surface area (Å²) in [6.07, 6.45) is 0. The van der Waals surface area contributed by atoms with Crippen LogP contribution in [-0.4, -0.2) is 27.4 Å². The second-order valence-electron chi connectivity index (χ2n) is 4.64. The number of para-hydroxylation sites is 3. The van der Waals surface area contributed by atoms with Crippen molar-refractivity contribution in [2.75, 3.05) is 27.4 Å². The first-order valence-corrected chi connectivity index (χ1v) is 6.89. The van der Waals surface area contributed by atoms with Gasteiger partial charge in [-0.05, 0) is 18.2 Å². The highest BCUT2D eigenvalue weighted by Crippen LogP contribution is 2.29. The summed E-state index contributed by atoms with van der Waals surface area (Å²) in [6.45, 7) is 0.951. The summed E-state index contributed by atoms with van der Waals surface area (Å²) in [6, 6.07) is 15.4. The quantitative estimate of drug-likeness (QED) is 0.851. The molecular weight excluding hydrogens is 266 g/mol. The minimum Gasteiger partial charge on any atom is -0.496 e. The molecule has 0 aliphatic rings. The fraction of sp³-hybridized carbons (Fsp3) is 0.294. The third-order valence-electron chi connectivity index (χ3n) is 3.37. The lowest BCUT2D eigenvalue weighted by Gasteiger charge is -2.19. The molecule has 1 atom stereocenters. The van der Waals surface area contributed by atoms with Crippen LogP contribution in [0, 0.1) is 0 Å². The van der Waals surface area contributed by atoms with E-state index in [2.05, 4.69) is 0 Å². The van der Waals surface area contributed by atoms with Crippen molar-refractivity contribution < 1.29 is 14.2 Å². The number of hydrogen-bond donors (Lipinski definition) is 1. The van der Waals surface area contributed by atoms with Crippen molar-refractivity contribution in [3.63, 3.8) is 0 Å². The van der Waals surface area contributed by atoms with Crippen molar-refractivity contribution in [3.8, 4) is 17.2 Å². The minimum atomic E-state index is 0.0612. The second-order valence-corrected chi connectivity index (χ2v) is 4.64. The summed E-state index contributed by atoms with van der Waals surface area (Å²) in [7, 11) is 3.29. The van der Waals surface area contributed by atoms with E-state index in [1.807, 2.05) is 48.5 Å². The summed E-state index contributed by atoms with van der Waals surface area (Å²) >= 11 is 0. The second kappa shape index (κ2) is 7.55. The summed E-state index contributed by atoms with van der Waals surface area (Å²) in [5.74, 6) is 2.32. The minimum absolute atomic E-state index is 0.0612. The van der Waals surface area contributed by atoms with Crippen LogP contribution < -0.4 is 19.9 Å². The highest BCUT2D eigenvalue weighted by Gasteiger charge is 2.16. The molecule has 2 N–H and O–H groups in total. The van der Waals surface area contributed by atoms with Gasteiger partial charge in [0.2, 0.25) is 0 Å². The van der Waals surface area contributed by atoms with Gasteiger partial charge in [-0.15, -0.1) is 0 Å². The summed E-state index contributed by atoms with van der Waals surface area (Å²) in [5, 5.41) is 0. The zero-order valence-corrected chi connectivity index (χ0v) is 12.4. The molecule has 0 aliphatic heterocycles. The standard InChI is InChI=1S/C17H21NO3/c1-19-15-8-4-3-7-14(15)13(11-18)12-21-17-10-6-5-9-16(17)20-2/h3-10,13H,11-12,18H2,1-2H3. The molecule has 2 rings (SSSR count). The highest BCUT2D eigenvalue weighted by atomic mass is 16.5. The Labute approximate surface area is 125 Å². The molecule has 1 unspecified atom stereocenters. The smallest absolute Gasteiger partial charge is 0.161 e. The average Bonchev–Trinajstić information content (AvgIpc) is 2.56. The molecule has 21 heavy (non-hydrogen) atoms. The van der Waals surface area contributed by atoms with Crippen molar-refractivity contribution in [2.24, 2.45) is 5.73 Å². The third-order valence-corrected chi connectivity index (χ3v) is 3.37. The molecule has 0 amide bonds. The average molecular weight is 287 g/mol. The van der Waals surface area contributed by atoms with E-state index < -0.39 is 0 Å². The maximum Gasteiger partial charge on any atom is 0.161 e. The van der Waals surface area contributed by atoms with E-state index in [1.54, 1.807) is 14.2 Å². The largest absolute Gasteiger partial charge is 0.496 e. The van der Waals surface area contributed by atoms with Crippen molar-refractivity contribution in [3.05, 3.63) is 54.1 Å². The van der Waals surface area contributed by atoms with Gasteiger partial charge < -0.3 is 19.9 Å². The van der Waals surface area contributed by atoms with Crippen molar-refractivity contribution in [1.29, 1.82) is 0 Å². The first-order chi connectivity index (χ1) is 10.3. The van der Waals surface area contributed by atoms with Crippen LogP contribution in [0.2, 0.25) is 0 Å². The molecule has 0 bridgehead atoms. The maximum atomic E-state index is 5.90. The normalized spacial score (nSPS) is 11.8. The maximum absolute atomic E-state index is 5.90. The lowest BCUT2D eigenvalue weighted by molar-refractivity contribution is 0.270. The Balaban J connectivity index is 2.12. The van der Waals surface area contributed by atoms with Crippen LogP contribution in [0.15, 0.2) is 48.5 Å². The first-order valence-electron chi connectivity index (χ1n) is 6.89. The Kier molecular flexibility index (Phi) is 5.46. The number of rotatable bonds is 7. The topological polar surface area (TPSA) is 53.7 Å². The molecule has 0 saturated heterocycles. The molecule has 2 aromatic rings. The summed E-state index contributed by atoms with van der Waals surface area (Å²) in [5.41, 5.74) is 6.95. The van der Waals surface area contributed by atoms with Gasteiger partial charge in [0, 0.05) is 18.0 Å². The highest BCUT2D eigenvalue weighted by molar-refractivity contribution is 5.40. The van der Waals surface area contributed by atoms with E-state index in [0.29, 0.717) is 24.7 Å². The van der Waals surface area contributed by atoms with E-state index in [9.17, 15) is 0 Å².